The first kappa shape index (κ1) is 17.7. The van der Waals surface area contributed by atoms with Crippen molar-refractivity contribution < 1.29 is 9.53 Å². The molecule has 0 spiro atoms. The van der Waals surface area contributed by atoms with Gasteiger partial charge in [0.05, 0.1) is 19.3 Å². The summed E-state index contributed by atoms with van der Waals surface area (Å²) >= 11 is 0. The highest BCUT2D eigenvalue weighted by Crippen LogP contribution is 2.46. The van der Waals surface area contributed by atoms with Crippen LogP contribution in [0.25, 0.3) is 0 Å². The van der Waals surface area contributed by atoms with E-state index in [0.29, 0.717) is 30.5 Å². The Kier molecular flexibility index (Phi) is 4.38. The van der Waals surface area contributed by atoms with Crippen LogP contribution in [-0.4, -0.2) is 64.3 Å². The van der Waals surface area contributed by atoms with Crippen LogP contribution >= 0.6 is 0 Å². The van der Waals surface area contributed by atoms with E-state index in [9.17, 15) is 4.79 Å². The number of likely N-dealkylation sites (tertiary alicyclic amines) is 1. The first-order chi connectivity index (χ1) is 13.6. The molecule has 0 saturated carbocycles. The number of aromatic nitrogens is 2. The fourth-order valence-corrected chi connectivity index (χ4v) is 5.63. The number of carbonyl (C=O) groups is 1. The van der Waals surface area contributed by atoms with E-state index in [1.807, 2.05) is 31.5 Å². The Labute approximate surface area is 166 Å². The van der Waals surface area contributed by atoms with E-state index in [-0.39, 0.29) is 5.91 Å². The second-order valence-electron chi connectivity index (χ2n) is 8.50. The molecule has 28 heavy (non-hydrogen) atoms. The average molecular weight is 380 g/mol. The van der Waals surface area contributed by atoms with E-state index in [1.54, 1.807) is 11.8 Å². The Bertz CT molecular complexity index is 854. The molecule has 4 saturated heterocycles. The summed E-state index contributed by atoms with van der Waals surface area (Å²) < 4.78 is 7.10. The highest BCUT2D eigenvalue weighted by atomic mass is 16.5. The molecule has 4 fully saturated rings. The van der Waals surface area contributed by atoms with Gasteiger partial charge in [-0.25, -0.2) is 0 Å². The molecule has 0 radical (unpaired) electrons. The lowest BCUT2D eigenvalue weighted by Crippen LogP contribution is -2.61. The van der Waals surface area contributed by atoms with Crippen molar-refractivity contribution in [2.45, 2.75) is 44.3 Å². The van der Waals surface area contributed by atoms with Gasteiger partial charge in [0, 0.05) is 24.7 Å². The molecule has 1 aromatic carbocycles. The van der Waals surface area contributed by atoms with Gasteiger partial charge in [-0.3, -0.25) is 14.4 Å². The van der Waals surface area contributed by atoms with Gasteiger partial charge in [0.2, 0.25) is 5.91 Å². The van der Waals surface area contributed by atoms with Crippen LogP contribution in [0.1, 0.15) is 29.9 Å². The summed E-state index contributed by atoms with van der Waals surface area (Å²) in [4.78, 5) is 18.1. The summed E-state index contributed by atoms with van der Waals surface area (Å²) in [5.41, 5.74) is 2.40. The number of amides is 1. The number of aryl methyl sites for hydroxylation is 1. The maximum atomic E-state index is 13.3. The SMILES string of the molecule is COc1ccc([C@@H]2CN(C(=O)Cn3cc(C)cn3)[C@@H]3C4CCN(CC4)[C@@H]32)cc1. The van der Waals surface area contributed by atoms with E-state index in [0.717, 1.165) is 17.9 Å². The molecular weight excluding hydrogens is 352 g/mol. The second kappa shape index (κ2) is 6.92. The van der Waals surface area contributed by atoms with Crippen molar-refractivity contribution in [3.63, 3.8) is 0 Å². The highest BCUT2D eigenvalue weighted by molar-refractivity contribution is 5.77. The van der Waals surface area contributed by atoms with Crippen molar-refractivity contribution >= 4 is 5.91 Å². The van der Waals surface area contributed by atoms with Gasteiger partial charge in [-0.1, -0.05) is 12.1 Å². The Morgan fingerprint density at radius 1 is 1.18 bits per heavy atom. The molecule has 0 aliphatic carbocycles. The maximum Gasteiger partial charge on any atom is 0.244 e. The molecule has 3 atom stereocenters. The summed E-state index contributed by atoms with van der Waals surface area (Å²) in [5, 5.41) is 4.32. The van der Waals surface area contributed by atoms with Gasteiger partial charge < -0.3 is 9.64 Å². The van der Waals surface area contributed by atoms with Crippen LogP contribution in [0, 0.1) is 12.8 Å². The Balaban J connectivity index is 1.43. The van der Waals surface area contributed by atoms with E-state index >= 15 is 0 Å². The Hall–Kier alpha value is -2.34. The number of carbonyl (C=O) groups excluding carboxylic acids is 1. The number of hydrogen-bond donors (Lipinski definition) is 0. The van der Waals surface area contributed by atoms with Crippen LogP contribution in [-0.2, 0) is 11.3 Å². The first-order valence-corrected chi connectivity index (χ1v) is 10.3. The third-order valence-corrected chi connectivity index (χ3v) is 6.92. The smallest absolute Gasteiger partial charge is 0.244 e. The van der Waals surface area contributed by atoms with E-state index in [4.69, 9.17) is 4.74 Å². The summed E-state index contributed by atoms with van der Waals surface area (Å²) in [5.74, 6) is 2.07. The zero-order valence-corrected chi connectivity index (χ0v) is 16.6. The Morgan fingerprint density at radius 3 is 2.57 bits per heavy atom. The minimum Gasteiger partial charge on any atom is -0.497 e. The first-order valence-electron chi connectivity index (χ1n) is 10.3. The van der Waals surface area contributed by atoms with Gasteiger partial charge in [0.15, 0.2) is 0 Å². The number of methoxy groups -OCH3 is 1. The third-order valence-electron chi connectivity index (χ3n) is 6.92. The number of fused-ring (bicyclic) bond motifs is 2. The maximum absolute atomic E-state index is 13.3. The molecule has 6 heteroatoms. The fourth-order valence-electron chi connectivity index (χ4n) is 5.63. The number of rotatable bonds is 4. The fraction of sp³-hybridized carbons (Fsp3) is 0.545. The third kappa shape index (κ3) is 2.91. The number of benzene rings is 1. The lowest BCUT2D eigenvalue weighted by molar-refractivity contribution is -0.136. The number of ether oxygens (including phenoxy) is 1. The molecule has 2 bridgehead atoms. The van der Waals surface area contributed by atoms with Gasteiger partial charge in [-0.2, -0.15) is 5.10 Å². The molecule has 1 amide bonds. The number of hydrogen-bond acceptors (Lipinski definition) is 4. The van der Waals surface area contributed by atoms with Crippen molar-refractivity contribution in [3.05, 3.63) is 47.8 Å². The Morgan fingerprint density at radius 2 is 1.93 bits per heavy atom. The molecule has 2 aromatic rings. The summed E-state index contributed by atoms with van der Waals surface area (Å²) in [6, 6.07) is 9.20. The average Bonchev–Trinajstić information content (AvgIpc) is 3.34. The minimum absolute atomic E-state index is 0.197. The zero-order chi connectivity index (χ0) is 19.3. The van der Waals surface area contributed by atoms with Crippen LogP contribution < -0.4 is 4.74 Å². The molecule has 4 aliphatic heterocycles. The van der Waals surface area contributed by atoms with Gasteiger partial charge in [-0.15, -0.1) is 0 Å². The van der Waals surface area contributed by atoms with Gasteiger partial charge in [0.25, 0.3) is 0 Å². The van der Waals surface area contributed by atoms with Crippen molar-refractivity contribution in [2.24, 2.45) is 5.92 Å². The van der Waals surface area contributed by atoms with Crippen molar-refractivity contribution in [3.8, 4) is 5.75 Å². The van der Waals surface area contributed by atoms with Gasteiger partial charge >= 0.3 is 0 Å². The van der Waals surface area contributed by atoms with Crippen molar-refractivity contribution in [1.29, 1.82) is 0 Å². The summed E-state index contributed by atoms with van der Waals surface area (Å²) in [7, 11) is 1.70. The van der Waals surface area contributed by atoms with E-state index < -0.39 is 0 Å². The van der Waals surface area contributed by atoms with Gasteiger partial charge in [-0.05, 0) is 62.0 Å². The van der Waals surface area contributed by atoms with Crippen molar-refractivity contribution in [1.82, 2.24) is 19.6 Å². The van der Waals surface area contributed by atoms with Gasteiger partial charge in [0.1, 0.15) is 12.3 Å². The standard InChI is InChI=1S/C22H28N4O2/c1-15-11-23-25(12-15)14-20(27)26-13-19(16-3-5-18(28-2)6-4-16)22-21(26)17-7-9-24(22)10-8-17/h3-6,11-12,17,19,21-22H,7-10,13-14H2,1-2H3/t19-,21+,22+/m0/s1. The molecule has 6 nitrogen and oxygen atoms in total. The second-order valence-corrected chi connectivity index (χ2v) is 8.50. The molecule has 0 unspecified atom stereocenters. The molecule has 0 N–H and O–H groups in total. The normalized spacial score (nSPS) is 31.1. The molecular formula is C22H28N4O2. The molecule has 4 aliphatic rings. The predicted molar refractivity (Wildman–Crippen MR) is 106 cm³/mol. The van der Waals surface area contributed by atoms with Crippen LogP contribution in [0.2, 0.25) is 0 Å². The van der Waals surface area contributed by atoms with Crippen LogP contribution in [0.4, 0.5) is 0 Å². The van der Waals surface area contributed by atoms with E-state index in [1.165, 1.54) is 31.5 Å². The topological polar surface area (TPSA) is 50.6 Å². The predicted octanol–water partition coefficient (Wildman–Crippen LogP) is 2.29. The van der Waals surface area contributed by atoms with Crippen LogP contribution in [0.5, 0.6) is 5.75 Å². The number of piperidine rings is 3. The molecule has 1 aromatic heterocycles. The lowest BCUT2D eigenvalue weighted by atomic mass is 9.75. The molecule has 5 heterocycles. The zero-order valence-electron chi connectivity index (χ0n) is 16.6. The van der Waals surface area contributed by atoms with E-state index in [2.05, 4.69) is 27.0 Å². The quantitative estimate of drug-likeness (QED) is 0.817. The molecule has 148 valence electrons. The highest BCUT2D eigenvalue weighted by Gasteiger charge is 2.54. The summed E-state index contributed by atoms with van der Waals surface area (Å²) in [6.45, 7) is 5.47. The van der Waals surface area contributed by atoms with Crippen LogP contribution in [0.3, 0.4) is 0 Å². The largest absolute Gasteiger partial charge is 0.497 e. The van der Waals surface area contributed by atoms with Crippen molar-refractivity contribution in [2.75, 3.05) is 26.7 Å². The van der Waals surface area contributed by atoms with Crippen LogP contribution in [0.15, 0.2) is 36.7 Å². The molecule has 6 rings (SSSR count). The summed E-state index contributed by atoms with van der Waals surface area (Å²) in [6.07, 6.45) is 6.18. The number of nitrogens with zero attached hydrogens (tertiary/aromatic N) is 4. The monoisotopic (exact) mass is 380 g/mol. The lowest BCUT2D eigenvalue weighted by Gasteiger charge is -2.51. The minimum atomic E-state index is 0.197.